The molecule has 1 aromatic rings. The molecule has 102 valence electrons. The molecular weight excluding hydrogens is 293 g/mol. The lowest BCUT2D eigenvalue weighted by molar-refractivity contribution is -0.141. The van der Waals surface area contributed by atoms with E-state index < -0.39 is 17.6 Å². The van der Waals surface area contributed by atoms with Crippen LogP contribution < -0.4 is 5.32 Å². The van der Waals surface area contributed by atoms with Gasteiger partial charge in [-0.25, -0.2) is 0 Å². The van der Waals surface area contributed by atoms with Crippen LogP contribution in [-0.4, -0.2) is 42.2 Å². The molecule has 2 unspecified atom stereocenters. The van der Waals surface area contributed by atoms with Gasteiger partial charge < -0.3 is 9.84 Å². The smallest absolute Gasteiger partial charge is 0.328 e. The number of halogens is 2. The summed E-state index contributed by atoms with van der Waals surface area (Å²) in [6.07, 6.45) is 0. The quantitative estimate of drug-likeness (QED) is 0.638. The Hall–Kier alpha value is -1.14. The fourth-order valence-corrected chi connectivity index (χ4v) is 2.22. The van der Waals surface area contributed by atoms with E-state index in [1.165, 1.54) is 25.3 Å². The van der Waals surface area contributed by atoms with Crippen molar-refractivity contribution in [2.75, 3.05) is 13.7 Å². The molecule has 0 radical (unpaired) electrons. The van der Waals surface area contributed by atoms with Gasteiger partial charge in [-0.05, 0) is 18.2 Å². The molecular formula is C12H11Cl2NO4. The SMILES string of the molecule is COCC1(C(=O)O)NC1C(=O)c1ccc(Cl)c(Cl)c1. The van der Waals surface area contributed by atoms with Gasteiger partial charge in [-0.15, -0.1) is 0 Å². The van der Waals surface area contributed by atoms with Crippen LogP contribution in [0, 0.1) is 0 Å². The number of aliphatic carboxylic acids is 1. The highest BCUT2D eigenvalue weighted by Crippen LogP contribution is 2.32. The van der Waals surface area contributed by atoms with Gasteiger partial charge in [0.2, 0.25) is 0 Å². The van der Waals surface area contributed by atoms with Gasteiger partial charge in [0.1, 0.15) is 6.04 Å². The van der Waals surface area contributed by atoms with Crippen LogP contribution in [0.3, 0.4) is 0 Å². The highest BCUT2D eigenvalue weighted by atomic mass is 35.5. The zero-order valence-electron chi connectivity index (χ0n) is 9.94. The van der Waals surface area contributed by atoms with Gasteiger partial charge >= 0.3 is 5.97 Å². The fraction of sp³-hybridized carbons (Fsp3) is 0.333. The molecule has 5 nitrogen and oxygen atoms in total. The van der Waals surface area contributed by atoms with Crippen LogP contribution in [0.2, 0.25) is 10.0 Å². The highest BCUT2D eigenvalue weighted by Gasteiger charge is 2.64. The molecule has 0 saturated carbocycles. The number of benzene rings is 1. The Bertz CT molecular complexity index is 549. The standard InChI is InChI=1S/C12H11Cl2NO4/c1-19-5-12(11(17)18)10(15-12)9(16)6-2-3-7(13)8(14)4-6/h2-4,10,15H,5H2,1H3,(H,17,18). The van der Waals surface area contributed by atoms with Crippen LogP contribution in [0.15, 0.2) is 18.2 Å². The van der Waals surface area contributed by atoms with E-state index in [0.29, 0.717) is 10.6 Å². The number of ether oxygens (including phenoxy) is 1. The van der Waals surface area contributed by atoms with Crippen LogP contribution in [0.25, 0.3) is 0 Å². The Balaban J connectivity index is 2.22. The van der Waals surface area contributed by atoms with Crippen molar-refractivity contribution in [3.63, 3.8) is 0 Å². The van der Waals surface area contributed by atoms with Crippen molar-refractivity contribution >= 4 is 35.0 Å². The Labute approximate surface area is 119 Å². The number of carboxylic acids is 1. The van der Waals surface area contributed by atoms with Gasteiger partial charge in [0.25, 0.3) is 0 Å². The van der Waals surface area contributed by atoms with Crippen LogP contribution >= 0.6 is 23.2 Å². The lowest BCUT2D eigenvalue weighted by atomic mass is 9.99. The fourth-order valence-electron chi connectivity index (χ4n) is 1.92. The van der Waals surface area contributed by atoms with Crippen molar-refractivity contribution in [3.05, 3.63) is 33.8 Å². The van der Waals surface area contributed by atoms with Crippen LogP contribution in [0.5, 0.6) is 0 Å². The lowest BCUT2D eigenvalue weighted by Gasteiger charge is -2.08. The van der Waals surface area contributed by atoms with Crippen LogP contribution in [0.4, 0.5) is 0 Å². The molecule has 0 amide bonds. The summed E-state index contributed by atoms with van der Waals surface area (Å²) in [7, 11) is 1.38. The van der Waals surface area contributed by atoms with E-state index in [9.17, 15) is 9.59 Å². The summed E-state index contributed by atoms with van der Waals surface area (Å²) in [5.41, 5.74) is -1.04. The van der Waals surface area contributed by atoms with Crippen LogP contribution in [-0.2, 0) is 9.53 Å². The average molecular weight is 304 g/mol. The Morgan fingerprint density at radius 2 is 2.11 bits per heavy atom. The second-order valence-electron chi connectivity index (χ2n) is 4.28. The molecule has 1 aromatic carbocycles. The number of carbonyl (C=O) groups is 2. The molecule has 2 rings (SSSR count). The van der Waals surface area contributed by atoms with E-state index in [2.05, 4.69) is 5.32 Å². The molecule has 1 heterocycles. The third-order valence-electron chi connectivity index (χ3n) is 3.03. The number of hydrogen-bond donors (Lipinski definition) is 2. The molecule has 7 heteroatoms. The maximum atomic E-state index is 12.2. The van der Waals surface area contributed by atoms with Gasteiger partial charge in [0.15, 0.2) is 11.3 Å². The summed E-state index contributed by atoms with van der Waals surface area (Å²) in [5.74, 6) is -1.47. The number of carbonyl (C=O) groups excluding carboxylic acids is 1. The van der Waals surface area contributed by atoms with E-state index in [1.54, 1.807) is 0 Å². The molecule has 0 spiro atoms. The molecule has 1 aliphatic heterocycles. The van der Waals surface area contributed by atoms with Gasteiger partial charge in [0, 0.05) is 12.7 Å². The first kappa shape index (κ1) is 14.3. The lowest BCUT2D eigenvalue weighted by Crippen LogP contribution is -2.36. The Morgan fingerprint density at radius 3 is 2.63 bits per heavy atom. The molecule has 19 heavy (non-hydrogen) atoms. The number of methoxy groups -OCH3 is 1. The monoisotopic (exact) mass is 303 g/mol. The van der Waals surface area contributed by atoms with Crippen molar-refractivity contribution in [1.29, 1.82) is 0 Å². The van der Waals surface area contributed by atoms with Gasteiger partial charge in [0.05, 0.1) is 16.7 Å². The Morgan fingerprint density at radius 1 is 1.42 bits per heavy atom. The zero-order valence-corrected chi connectivity index (χ0v) is 11.5. The van der Waals surface area contributed by atoms with E-state index in [0.717, 1.165) is 0 Å². The maximum Gasteiger partial charge on any atom is 0.328 e. The van der Waals surface area contributed by atoms with Crippen molar-refractivity contribution in [2.45, 2.75) is 11.6 Å². The number of rotatable bonds is 5. The molecule has 0 aliphatic carbocycles. The third-order valence-corrected chi connectivity index (χ3v) is 3.77. The summed E-state index contributed by atoms with van der Waals surface area (Å²) in [5, 5.41) is 12.4. The molecule has 0 bridgehead atoms. The predicted octanol–water partition coefficient (Wildman–Crippen LogP) is 1.62. The van der Waals surface area contributed by atoms with Crippen molar-refractivity contribution in [2.24, 2.45) is 0 Å². The Kier molecular flexibility index (Phi) is 3.82. The molecule has 1 aliphatic rings. The number of nitrogens with one attached hydrogen (secondary N) is 1. The average Bonchev–Trinajstić information content (AvgIpc) is 3.08. The summed E-state index contributed by atoms with van der Waals surface area (Å²) in [6.45, 7) is -0.0833. The first-order valence-electron chi connectivity index (χ1n) is 5.41. The van der Waals surface area contributed by atoms with Crippen LogP contribution in [0.1, 0.15) is 10.4 Å². The minimum absolute atomic E-state index is 0.0833. The summed E-state index contributed by atoms with van der Waals surface area (Å²) < 4.78 is 4.85. The molecule has 1 fully saturated rings. The largest absolute Gasteiger partial charge is 0.480 e. The predicted molar refractivity (Wildman–Crippen MR) is 70.0 cm³/mol. The van der Waals surface area contributed by atoms with Crippen molar-refractivity contribution < 1.29 is 19.4 Å². The highest BCUT2D eigenvalue weighted by molar-refractivity contribution is 6.42. The first-order chi connectivity index (χ1) is 8.92. The number of Topliss-reactive ketones (excluding diaryl/α,β-unsaturated/α-hetero) is 1. The van der Waals surface area contributed by atoms with Gasteiger partial charge in [-0.3, -0.25) is 14.9 Å². The summed E-state index contributed by atoms with van der Waals surface area (Å²) in [6, 6.07) is 3.61. The zero-order chi connectivity index (χ0) is 14.2. The number of hydrogen-bond acceptors (Lipinski definition) is 4. The first-order valence-corrected chi connectivity index (χ1v) is 6.17. The second-order valence-corrected chi connectivity index (χ2v) is 5.09. The molecule has 2 N–H and O–H groups in total. The minimum Gasteiger partial charge on any atom is -0.480 e. The van der Waals surface area contributed by atoms with Gasteiger partial charge in [-0.1, -0.05) is 23.2 Å². The van der Waals surface area contributed by atoms with E-state index in [4.69, 9.17) is 33.0 Å². The summed E-state index contributed by atoms with van der Waals surface area (Å²) >= 11 is 11.6. The van der Waals surface area contributed by atoms with E-state index in [-0.39, 0.29) is 17.4 Å². The molecule has 2 atom stereocenters. The van der Waals surface area contributed by atoms with Crippen molar-refractivity contribution in [3.8, 4) is 0 Å². The number of ketones is 1. The third kappa shape index (κ3) is 2.47. The molecule has 0 aromatic heterocycles. The number of carboxylic acid groups (broad SMARTS) is 1. The maximum absolute atomic E-state index is 12.2. The van der Waals surface area contributed by atoms with Crippen molar-refractivity contribution in [1.82, 2.24) is 5.32 Å². The summed E-state index contributed by atoms with van der Waals surface area (Å²) in [4.78, 5) is 23.4. The minimum atomic E-state index is -1.35. The molecule has 1 saturated heterocycles. The van der Waals surface area contributed by atoms with Gasteiger partial charge in [-0.2, -0.15) is 0 Å². The van der Waals surface area contributed by atoms with E-state index in [1.807, 2.05) is 0 Å². The van der Waals surface area contributed by atoms with E-state index >= 15 is 0 Å². The second kappa shape index (κ2) is 5.09. The normalized spacial score (nSPS) is 25.1. The topological polar surface area (TPSA) is 85.5 Å².